The van der Waals surface area contributed by atoms with Crippen LogP contribution in [0.4, 0.5) is 0 Å². The smallest absolute Gasteiger partial charge is 0.259 e. The first-order chi connectivity index (χ1) is 10.1. The molecule has 6 nitrogen and oxygen atoms in total. The number of benzene rings is 1. The van der Waals surface area contributed by atoms with Crippen LogP contribution in [0, 0.1) is 5.92 Å². The SMILES string of the molecule is NC1=NS(=O)(=O)Cc2cccc(OCC3CCCNC3)c21. The van der Waals surface area contributed by atoms with E-state index in [0.717, 1.165) is 25.9 Å². The largest absolute Gasteiger partial charge is 0.492 e. The van der Waals surface area contributed by atoms with Crippen molar-refractivity contribution in [3.63, 3.8) is 0 Å². The van der Waals surface area contributed by atoms with E-state index in [9.17, 15) is 8.42 Å². The van der Waals surface area contributed by atoms with Gasteiger partial charge in [0.1, 0.15) is 11.6 Å². The number of nitrogens with zero attached hydrogens (tertiary/aromatic N) is 1. The Bertz CT molecular complexity index is 664. The number of hydrogen-bond donors (Lipinski definition) is 2. The lowest BCUT2D eigenvalue weighted by atomic mass is 10.0. The van der Waals surface area contributed by atoms with Crippen molar-refractivity contribution < 1.29 is 13.2 Å². The second-order valence-electron chi connectivity index (χ2n) is 5.52. The third kappa shape index (κ3) is 3.19. The van der Waals surface area contributed by atoms with E-state index >= 15 is 0 Å². The summed E-state index contributed by atoms with van der Waals surface area (Å²) in [5, 5.41) is 3.35. The second kappa shape index (κ2) is 5.65. The van der Waals surface area contributed by atoms with Crippen molar-refractivity contribution >= 4 is 15.9 Å². The first-order valence-electron chi connectivity index (χ1n) is 7.09. The highest BCUT2D eigenvalue weighted by atomic mass is 32.2. The van der Waals surface area contributed by atoms with E-state index < -0.39 is 10.0 Å². The monoisotopic (exact) mass is 309 g/mol. The highest BCUT2D eigenvalue weighted by Crippen LogP contribution is 2.28. The van der Waals surface area contributed by atoms with Gasteiger partial charge in [0, 0.05) is 12.5 Å². The van der Waals surface area contributed by atoms with Gasteiger partial charge in [-0.25, -0.2) is 8.42 Å². The molecule has 1 fully saturated rings. The number of nitrogens with two attached hydrogens (primary N) is 1. The number of nitrogens with one attached hydrogen (secondary N) is 1. The fraction of sp³-hybridized carbons (Fsp3) is 0.500. The lowest BCUT2D eigenvalue weighted by Gasteiger charge is -2.24. The molecular weight excluding hydrogens is 290 g/mol. The predicted molar refractivity (Wildman–Crippen MR) is 80.9 cm³/mol. The molecular formula is C14H19N3O3S. The van der Waals surface area contributed by atoms with Gasteiger partial charge >= 0.3 is 0 Å². The number of rotatable bonds is 3. The van der Waals surface area contributed by atoms with Crippen molar-refractivity contribution in [1.29, 1.82) is 0 Å². The number of piperidine rings is 1. The first-order valence-corrected chi connectivity index (χ1v) is 8.70. The van der Waals surface area contributed by atoms with Crippen LogP contribution in [0.1, 0.15) is 24.0 Å². The Morgan fingerprint density at radius 1 is 1.43 bits per heavy atom. The Morgan fingerprint density at radius 3 is 3.05 bits per heavy atom. The number of amidine groups is 1. The van der Waals surface area contributed by atoms with Crippen molar-refractivity contribution in [2.45, 2.75) is 18.6 Å². The molecule has 1 aromatic rings. The molecule has 2 aliphatic rings. The predicted octanol–water partition coefficient (Wildman–Crippen LogP) is 0.614. The zero-order valence-corrected chi connectivity index (χ0v) is 12.5. The molecule has 0 aromatic heterocycles. The Labute approximate surface area is 124 Å². The molecule has 2 aliphatic heterocycles. The van der Waals surface area contributed by atoms with Crippen molar-refractivity contribution in [2.75, 3.05) is 19.7 Å². The summed E-state index contributed by atoms with van der Waals surface area (Å²) in [5.41, 5.74) is 7.09. The molecule has 0 spiro atoms. The average Bonchev–Trinajstić information content (AvgIpc) is 2.44. The standard InChI is InChI=1S/C14H19N3O3S/c15-14-13-11(9-21(18,19)17-14)4-1-5-12(13)20-8-10-3-2-6-16-7-10/h1,4-5,10,16H,2-3,6-9H2,(H2,15,17). The minimum atomic E-state index is -3.50. The van der Waals surface area contributed by atoms with E-state index in [1.165, 1.54) is 0 Å². The zero-order valence-electron chi connectivity index (χ0n) is 11.7. The van der Waals surface area contributed by atoms with Gasteiger partial charge in [-0.3, -0.25) is 0 Å². The quantitative estimate of drug-likeness (QED) is 0.853. The van der Waals surface area contributed by atoms with Crippen LogP contribution in [0.5, 0.6) is 5.75 Å². The normalized spacial score (nSPS) is 24.0. The minimum Gasteiger partial charge on any atom is -0.492 e. The van der Waals surface area contributed by atoms with Gasteiger partial charge in [0.15, 0.2) is 0 Å². The second-order valence-corrected chi connectivity index (χ2v) is 7.15. The van der Waals surface area contributed by atoms with Crippen molar-refractivity contribution in [3.05, 3.63) is 29.3 Å². The molecule has 3 N–H and O–H groups in total. The maximum Gasteiger partial charge on any atom is 0.259 e. The van der Waals surface area contributed by atoms with E-state index in [-0.39, 0.29) is 11.6 Å². The van der Waals surface area contributed by atoms with E-state index in [1.54, 1.807) is 12.1 Å². The summed E-state index contributed by atoms with van der Waals surface area (Å²) in [6, 6.07) is 5.36. The van der Waals surface area contributed by atoms with Crippen LogP contribution >= 0.6 is 0 Å². The van der Waals surface area contributed by atoms with Crippen molar-refractivity contribution in [2.24, 2.45) is 16.0 Å². The molecule has 1 unspecified atom stereocenters. The van der Waals surface area contributed by atoms with Gasteiger partial charge in [-0.05, 0) is 31.0 Å². The molecule has 0 amide bonds. The maximum absolute atomic E-state index is 11.6. The summed E-state index contributed by atoms with van der Waals surface area (Å²) in [7, 11) is -3.50. The number of ether oxygens (including phenoxy) is 1. The minimum absolute atomic E-state index is 0.0219. The fourth-order valence-electron chi connectivity index (χ4n) is 2.81. The summed E-state index contributed by atoms with van der Waals surface area (Å²) >= 11 is 0. The van der Waals surface area contributed by atoms with Crippen LogP contribution in [0.25, 0.3) is 0 Å². The Morgan fingerprint density at radius 2 is 2.29 bits per heavy atom. The Balaban J connectivity index is 1.81. The van der Waals surface area contributed by atoms with Crippen LogP contribution < -0.4 is 15.8 Å². The molecule has 0 aliphatic carbocycles. The van der Waals surface area contributed by atoms with Gasteiger partial charge in [0.25, 0.3) is 10.0 Å². The van der Waals surface area contributed by atoms with E-state index in [2.05, 4.69) is 9.71 Å². The van der Waals surface area contributed by atoms with Gasteiger partial charge in [-0.2, -0.15) is 0 Å². The molecule has 114 valence electrons. The molecule has 3 rings (SSSR count). The highest BCUT2D eigenvalue weighted by Gasteiger charge is 2.25. The van der Waals surface area contributed by atoms with Crippen LogP contribution in [0.2, 0.25) is 0 Å². The van der Waals surface area contributed by atoms with Crippen LogP contribution in [0.3, 0.4) is 0 Å². The highest BCUT2D eigenvalue weighted by molar-refractivity contribution is 7.89. The Kier molecular flexibility index (Phi) is 3.86. The van der Waals surface area contributed by atoms with E-state index in [0.29, 0.717) is 29.4 Å². The fourth-order valence-corrected chi connectivity index (χ4v) is 3.90. The van der Waals surface area contributed by atoms with Crippen molar-refractivity contribution in [1.82, 2.24) is 5.32 Å². The van der Waals surface area contributed by atoms with Gasteiger partial charge in [0.05, 0.1) is 17.9 Å². The lowest BCUT2D eigenvalue weighted by Crippen LogP contribution is -2.33. The third-order valence-electron chi connectivity index (χ3n) is 3.82. The third-order valence-corrected chi connectivity index (χ3v) is 4.97. The molecule has 0 saturated carbocycles. The lowest BCUT2D eigenvalue weighted by molar-refractivity contribution is 0.218. The molecule has 7 heteroatoms. The van der Waals surface area contributed by atoms with Gasteiger partial charge in [-0.1, -0.05) is 12.1 Å². The summed E-state index contributed by atoms with van der Waals surface area (Å²) in [5.74, 6) is 0.994. The molecule has 2 heterocycles. The van der Waals surface area contributed by atoms with Crippen LogP contribution in [-0.2, 0) is 15.8 Å². The summed E-state index contributed by atoms with van der Waals surface area (Å²) < 4.78 is 32.7. The number of fused-ring (bicyclic) bond motifs is 1. The van der Waals surface area contributed by atoms with Crippen LogP contribution in [0.15, 0.2) is 22.6 Å². The maximum atomic E-state index is 11.6. The first kappa shape index (κ1) is 14.3. The molecule has 0 radical (unpaired) electrons. The zero-order chi connectivity index (χ0) is 14.9. The molecule has 21 heavy (non-hydrogen) atoms. The van der Waals surface area contributed by atoms with Crippen LogP contribution in [-0.4, -0.2) is 33.9 Å². The molecule has 0 bridgehead atoms. The number of hydrogen-bond acceptors (Lipinski definition) is 5. The average molecular weight is 309 g/mol. The summed E-state index contributed by atoms with van der Waals surface area (Å²) in [4.78, 5) is 0. The molecule has 1 atom stereocenters. The van der Waals surface area contributed by atoms with E-state index in [1.807, 2.05) is 6.07 Å². The summed E-state index contributed by atoms with van der Waals surface area (Å²) in [6.07, 6.45) is 2.29. The summed E-state index contributed by atoms with van der Waals surface area (Å²) in [6.45, 7) is 2.62. The van der Waals surface area contributed by atoms with Gasteiger partial charge in [0.2, 0.25) is 0 Å². The molecule has 1 saturated heterocycles. The van der Waals surface area contributed by atoms with Crippen molar-refractivity contribution in [3.8, 4) is 5.75 Å². The molecule has 1 aromatic carbocycles. The number of sulfonamides is 1. The van der Waals surface area contributed by atoms with E-state index in [4.69, 9.17) is 10.5 Å². The van der Waals surface area contributed by atoms with Gasteiger partial charge in [-0.15, -0.1) is 4.40 Å². The Hall–Kier alpha value is -1.60. The van der Waals surface area contributed by atoms with Gasteiger partial charge < -0.3 is 15.8 Å². The topological polar surface area (TPSA) is 93.8 Å².